The largest absolute Gasteiger partial charge is 0.384 e. The monoisotopic (exact) mass is 503 g/mol. The van der Waals surface area contributed by atoms with Crippen molar-refractivity contribution in [3.8, 4) is 0 Å². The number of carbonyl (C=O) groups is 2. The molecule has 3 aromatic rings. The van der Waals surface area contributed by atoms with Crippen molar-refractivity contribution in [1.29, 1.82) is 5.41 Å². The van der Waals surface area contributed by atoms with Gasteiger partial charge < -0.3 is 26.0 Å². The zero-order valence-corrected chi connectivity index (χ0v) is 20.8. The summed E-state index contributed by atoms with van der Waals surface area (Å²) in [5, 5.41) is 13.8. The minimum absolute atomic E-state index is 0.108. The quantitative estimate of drug-likeness (QED) is 0.249. The fourth-order valence-electron chi connectivity index (χ4n) is 4.33. The van der Waals surface area contributed by atoms with E-state index in [0.717, 1.165) is 11.1 Å². The van der Waals surface area contributed by atoms with Gasteiger partial charge in [-0.2, -0.15) is 0 Å². The number of rotatable bonds is 10. The van der Waals surface area contributed by atoms with Crippen molar-refractivity contribution in [3.05, 3.63) is 99.9 Å². The highest BCUT2D eigenvalue weighted by molar-refractivity contribution is 6.01. The number of halogens is 1. The summed E-state index contributed by atoms with van der Waals surface area (Å²) in [7, 11) is 0. The van der Waals surface area contributed by atoms with E-state index in [2.05, 4.69) is 10.6 Å². The van der Waals surface area contributed by atoms with Crippen molar-refractivity contribution in [3.63, 3.8) is 0 Å². The molecule has 1 atom stereocenters. The minimum Gasteiger partial charge on any atom is -0.384 e. The smallest absolute Gasteiger partial charge is 0.270 e. The lowest BCUT2D eigenvalue weighted by Gasteiger charge is -2.26. The third-order valence-corrected chi connectivity index (χ3v) is 6.36. The molecule has 0 spiro atoms. The molecular weight excluding hydrogens is 473 g/mol. The maximum atomic E-state index is 14.1. The standard InChI is InChI=1S/C28H30FN5O3/c1-3-37-28(34-16-22-17(2)7-6-9-21(22)27(34)36)26(35)33-15-20-12-11-18(25(30)31)13-24(20)32-14-19-8-4-5-10-23(19)29/h4-13,28,32H,3,14-16H2,1-2H3,(H3,30,31)(H,33,35). The number of hydrogen-bond donors (Lipinski definition) is 4. The number of hydrogen-bond acceptors (Lipinski definition) is 5. The van der Waals surface area contributed by atoms with Gasteiger partial charge >= 0.3 is 0 Å². The Hall–Kier alpha value is -4.24. The molecule has 8 nitrogen and oxygen atoms in total. The highest BCUT2D eigenvalue weighted by atomic mass is 19.1. The number of nitrogens with two attached hydrogens (primary N) is 1. The van der Waals surface area contributed by atoms with Crippen LogP contribution >= 0.6 is 0 Å². The van der Waals surface area contributed by atoms with Crippen molar-refractivity contribution < 1.29 is 18.7 Å². The first-order chi connectivity index (χ1) is 17.8. The van der Waals surface area contributed by atoms with E-state index in [9.17, 15) is 14.0 Å². The van der Waals surface area contributed by atoms with E-state index >= 15 is 0 Å². The fraction of sp³-hybridized carbons (Fsp3) is 0.250. The second-order valence-electron chi connectivity index (χ2n) is 8.79. The number of ether oxygens (including phenoxy) is 1. The normalized spacial score (nSPS) is 13.3. The Morgan fingerprint density at radius 2 is 1.92 bits per heavy atom. The van der Waals surface area contributed by atoms with Crippen molar-refractivity contribution >= 4 is 23.3 Å². The number of benzene rings is 3. The fourth-order valence-corrected chi connectivity index (χ4v) is 4.33. The van der Waals surface area contributed by atoms with Gasteiger partial charge in [0.2, 0.25) is 6.23 Å². The summed E-state index contributed by atoms with van der Waals surface area (Å²) in [6, 6.07) is 17.1. The molecule has 1 aliphatic rings. The number of nitrogens with zero attached hydrogens (tertiary/aromatic N) is 1. The van der Waals surface area contributed by atoms with Gasteiger partial charge in [-0.1, -0.05) is 42.5 Å². The molecule has 0 saturated heterocycles. The first-order valence-corrected chi connectivity index (χ1v) is 12.0. The van der Waals surface area contributed by atoms with Crippen LogP contribution in [0.1, 0.15) is 45.1 Å². The average Bonchev–Trinajstić information content (AvgIpc) is 3.22. The zero-order chi connectivity index (χ0) is 26.5. The highest BCUT2D eigenvalue weighted by Gasteiger charge is 2.37. The van der Waals surface area contributed by atoms with Gasteiger partial charge in [-0.15, -0.1) is 0 Å². The number of nitrogen functional groups attached to an aromatic ring is 1. The predicted octanol–water partition coefficient (Wildman–Crippen LogP) is 3.67. The number of amidine groups is 1. The van der Waals surface area contributed by atoms with Gasteiger partial charge in [-0.3, -0.25) is 15.0 Å². The molecule has 1 aliphatic heterocycles. The van der Waals surface area contributed by atoms with E-state index in [1.54, 1.807) is 49.4 Å². The molecule has 0 aliphatic carbocycles. The molecule has 192 valence electrons. The molecule has 0 fully saturated rings. The Morgan fingerprint density at radius 1 is 1.14 bits per heavy atom. The molecule has 2 amide bonds. The van der Waals surface area contributed by atoms with E-state index in [1.807, 2.05) is 19.1 Å². The Labute approximate surface area is 215 Å². The lowest BCUT2D eigenvalue weighted by atomic mass is 10.1. The third kappa shape index (κ3) is 5.62. The number of nitrogens with one attached hydrogen (secondary N) is 3. The molecule has 0 bridgehead atoms. The summed E-state index contributed by atoms with van der Waals surface area (Å²) in [4.78, 5) is 27.7. The van der Waals surface area contributed by atoms with Gasteiger partial charge in [0, 0.05) is 42.1 Å². The summed E-state index contributed by atoms with van der Waals surface area (Å²) >= 11 is 0. The maximum Gasteiger partial charge on any atom is 0.270 e. The summed E-state index contributed by atoms with van der Waals surface area (Å²) in [5.41, 5.74) is 10.4. The Balaban J connectivity index is 1.50. The zero-order valence-electron chi connectivity index (χ0n) is 20.8. The van der Waals surface area contributed by atoms with Gasteiger partial charge in [-0.05, 0) is 48.7 Å². The van der Waals surface area contributed by atoms with Gasteiger partial charge in [0.15, 0.2) is 0 Å². The molecule has 3 aromatic carbocycles. The van der Waals surface area contributed by atoms with Crippen LogP contribution in [-0.2, 0) is 29.2 Å². The molecule has 37 heavy (non-hydrogen) atoms. The molecular formula is C28H30FN5O3. The molecule has 1 heterocycles. The third-order valence-electron chi connectivity index (χ3n) is 6.36. The molecule has 5 N–H and O–H groups in total. The molecule has 0 radical (unpaired) electrons. The summed E-state index contributed by atoms with van der Waals surface area (Å²) < 4.78 is 19.8. The lowest BCUT2D eigenvalue weighted by molar-refractivity contribution is -0.143. The van der Waals surface area contributed by atoms with Crippen LogP contribution in [0.4, 0.5) is 10.1 Å². The number of amides is 2. The summed E-state index contributed by atoms with van der Waals surface area (Å²) in [6.45, 7) is 4.57. The topological polar surface area (TPSA) is 121 Å². The van der Waals surface area contributed by atoms with Crippen molar-refractivity contribution in [1.82, 2.24) is 10.2 Å². The van der Waals surface area contributed by atoms with E-state index in [-0.39, 0.29) is 37.3 Å². The second kappa shape index (κ2) is 11.2. The Morgan fingerprint density at radius 3 is 2.62 bits per heavy atom. The first-order valence-electron chi connectivity index (χ1n) is 12.0. The van der Waals surface area contributed by atoms with E-state index in [1.165, 1.54) is 11.0 Å². The second-order valence-corrected chi connectivity index (χ2v) is 8.79. The van der Waals surface area contributed by atoms with Crippen LogP contribution in [-0.4, -0.2) is 35.4 Å². The summed E-state index contributed by atoms with van der Waals surface area (Å²) in [6.07, 6.45) is -1.09. The van der Waals surface area contributed by atoms with Gasteiger partial charge in [-0.25, -0.2) is 4.39 Å². The number of carbonyl (C=O) groups excluding carboxylic acids is 2. The Kier molecular flexibility index (Phi) is 7.83. The molecule has 9 heteroatoms. The molecule has 0 saturated carbocycles. The Bertz CT molecular complexity index is 1340. The van der Waals surface area contributed by atoms with E-state index in [4.69, 9.17) is 15.9 Å². The van der Waals surface area contributed by atoms with E-state index in [0.29, 0.717) is 34.5 Å². The maximum absolute atomic E-state index is 14.1. The van der Waals surface area contributed by atoms with Crippen LogP contribution in [0.15, 0.2) is 60.7 Å². The van der Waals surface area contributed by atoms with Crippen LogP contribution in [0, 0.1) is 18.2 Å². The van der Waals surface area contributed by atoms with Crippen LogP contribution in [0.25, 0.3) is 0 Å². The minimum atomic E-state index is -1.09. The van der Waals surface area contributed by atoms with Crippen molar-refractivity contribution in [2.75, 3.05) is 11.9 Å². The van der Waals surface area contributed by atoms with E-state index < -0.39 is 12.1 Å². The number of aryl methyl sites for hydroxylation is 1. The van der Waals surface area contributed by atoms with Crippen LogP contribution < -0.4 is 16.4 Å². The van der Waals surface area contributed by atoms with Crippen LogP contribution in [0.2, 0.25) is 0 Å². The first kappa shape index (κ1) is 25.8. The van der Waals surface area contributed by atoms with Crippen molar-refractivity contribution in [2.45, 2.75) is 39.7 Å². The lowest BCUT2D eigenvalue weighted by Crippen LogP contribution is -2.48. The van der Waals surface area contributed by atoms with Crippen LogP contribution in [0.3, 0.4) is 0 Å². The highest BCUT2D eigenvalue weighted by Crippen LogP contribution is 2.28. The van der Waals surface area contributed by atoms with Gasteiger partial charge in [0.05, 0.1) is 6.54 Å². The van der Waals surface area contributed by atoms with Crippen LogP contribution in [0.5, 0.6) is 0 Å². The van der Waals surface area contributed by atoms with Gasteiger partial charge in [0.25, 0.3) is 11.8 Å². The SMILES string of the molecule is CCOC(C(=O)NCc1ccc(C(=N)N)cc1NCc1ccccc1F)N1Cc2c(C)cccc2C1=O. The number of anilines is 1. The average molecular weight is 504 g/mol. The molecule has 1 unspecified atom stereocenters. The van der Waals surface area contributed by atoms with Crippen molar-refractivity contribution in [2.24, 2.45) is 5.73 Å². The van der Waals surface area contributed by atoms with Gasteiger partial charge in [0.1, 0.15) is 11.7 Å². The predicted molar refractivity (Wildman–Crippen MR) is 139 cm³/mol. The molecule has 0 aromatic heterocycles. The summed E-state index contributed by atoms with van der Waals surface area (Å²) in [5.74, 6) is -1.14. The number of fused-ring (bicyclic) bond motifs is 1. The molecule has 4 rings (SSSR count).